The van der Waals surface area contributed by atoms with Crippen LogP contribution in [0.3, 0.4) is 0 Å². The van der Waals surface area contributed by atoms with Crippen molar-refractivity contribution in [2.24, 2.45) is 5.41 Å². The highest BCUT2D eigenvalue weighted by Gasteiger charge is 2.29. The van der Waals surface area contributed by atoms with Gasteiger partial charge in [0, 0.05) is 6.04 Å². The lowest BCUT2D eigenvalue weighted by Gasteiger charge is -2.38. The van der Waals surface area contributed by atoms with E-state index in [1.807, 2.05) is 0 Å². The van der Waals surface area contributed by atoms with E-state index in [4.69, 9.17) is 9.52 Å². The molecule has 0 aliphatic heterocycles. The highest BCUT2D eigenvalue weighted by Crippen LogP contribution is 2.36. The summed E-state index contributed by atoms with van der Waals surface area (Å²) < 4.78 is 5.56. The molecule has 2 rings (SSSR count). The third kappa shape index (κ3) is 3.42. The predicted octanol–water partition coefficient (Wildman–Crippen LogP) is 3.69. The molecule has 112 valence electrons. The van der Waals surface area contributed by atoms with Crippen molar-refractivity contribution in [1.29, 1.82) is 0 Å². The lowest BCUT2D eigenvalue weighted by molar-refractivity contribution is 0.0695. The summed E-state index contributed by atoms with van der Waals surface area (Å²) in [7, 11) is 2.10. The predicted molar refractivity (Wildman–Crippen MR) is 77.9 cm³/mol. The molecule has 0 radical (unpaired) electrons. The number of rotatable bonds is 4. The van der Waals surface area contributed by atoms with Gasteiger partial charge in [-0.15, -0.1) is 0 Å². The van der Waals surface area contributed by atoms with Crippen LogP contribution in [0.1, 0.15) is 61.4 Å². The normalized spacial score (nSPS) is 19.4. The number of nitrogens with zero attached hydrogens (tertiary/aromatic N) is 1. The van der Waals surface area contributed by atoms with Gasteiger partial charge in [-0.25, -0.2) is 4.79 Å². The van der Waals surface area contributed by atoms with E-state index < -0.39 is 5.97 Å². The second kappa shape index (κ2) is 5.60. The van der Waals surface area contributed by atoms with Crippen molar-refractivity contribution in [3.63, 3.8) is 0 Å². The first-order chi connectivity index (χ1) is 9.28. The minimum Gasteiger partial charge on any atom is -0.478 e. The Balaban J connectivity index is 1.96. The zero-order valence-corrected chi connectivity index (χ0v) is 12.9. The summed E-state index contributed by atoms with van der Waals surface area (Å²) in [6.07, 6.45) is 4.91. The van der Waals surface area contributed by atoms with Crippen molar-refractivity contribution in [3.05, 3.63) is 23.2 Å². The molecular formula is C16H25NO3. The SMILES string of the molecule is Cc1oc(CN(C)C2CCC(C)(C)CC2)cc1C(=O)O. The lowest BCUT2D eigenvalue weighted by Crippen LogP contribution is -2.36. The van der Waals surface area contributed by atoms with Crippen LogP contribution in [0.2, 0.25) is 0 Å². The van der Waals surface area contributed by atoms with Crippen molar-refractivity contribution in [1.82, 2.24) is 4.90 Å². The van der Waals surface area contributed by atoms with Crippen LogP contribution < -0.4 is 0 Å². The van der Waals surface area contributed by atoms with Gasteiger partial charge in [-0.3, -0.25) is 4.90 Å². The average Bonchev–Trinajstić information content (AvgIpc) is 2.70. The van der Waals surface area contributed by atoms with Crippen molar-refractivity contribution in [3.8, 4) is 0 Å². The monoisotopic (exact) mass is 279 g/mol. The molecule has 1 aliphatic carbocycles. The lowest BCUT2D eigenvalue weighted by atomic mass is 9.75. The molecule has 0 spiro atoms. The third-order valence-electron chi connectivity index (χ3n) is 4.54. The highest BCUT2D eigenvalue weighted by atomic mass is 16.4. The quantitative estimate of drug-likeness (QED) is 0.913. The Kier molecular flexibility index (Phi) is 4.23. The first kappa shape index (κ1) is 15.1. The first-order valence-corrected chi connectivity index (χ1v) is 7.31. The van der Waals surface area contributed by atoms with Gasteiger partial charge in [0.15, 0.2) is 0 Å². The van der Waals surface area contributed by atoms with Gasteiger partial charge in [-0.05, 0) is 51.1 Å². The van der Waals surface area contributed by atoms with Gasteiger partial charge in [0.05, 0.1) is 6.54 Å². The second-order valence-electron chi connectivity index (χ2n) is 6.80. The van der Waals surface area contributed by atoms with Crippen LogP contribution in [0.15, 0.2) is 10.5 Å². The van der Waals surface area contributed by atoms with E-state index in [1.54, 1.807) is 13.0 Å². The number of hydrogen-bond donors (Lipinski definition) is 1. The minimum atomic E-state index is -0.917. The third-order valence-corrected chi connectivity index (χ3v) is 4.54. The fraction of sp³-hybridized carbons (Fsp3) is 0.688. The number of hydrogen-bond acceptors (Lipinski definition) is 3. The number of carbonyl (C=O) groups is 1. The number of furan rings is 1. The Morgan fingerprint density at radius 3 is 2.55 bits per heavy atom. The van der Waals surface area contributed by atoms with Crippen molar-refractivity contribution in [2.75, 3.05) is 7.05 Å². The van der Waals surface area contributed by atoms with Crippen LogP contribution in [0.25, 0.3) is 0 Å². The zero-order valence-electron chi connectivity index (χ0n) is 12.9. The molecule has 4 heteroatoms. The van der Waals surface area contributed by atoms with E-state index in [0.717, 1.165) is 5.76 Å². The molecule has 1 heterocycles. The van der Waals surface area contributed by atoms with Crippen LogP contribution in [0, 0.1) is 12.3 Å². The minimum absolute atomic E-state index is 0.276. The molecule has 0 amide bonds. The van der Waals surface area contributed by atoms with Crippen molar-refractivity contribution in [2.45, 2.75) is 59.0 Å². The number of aryl methyl sites for hydroxylation is 1. The second-order valence-corrected chi connectivity index (χ2v) is 6.80. The molecule has 4 nitrogen and oxygen atoms in total. The van der Waals surface area contributed by atoms with E-state index in [2.05, 4.69) is 25.8 Å². The molecule has 0 saturated heterocycles. The van der Waals surface area contributed by atoms with Gasteiger partial charge >= 0.3 is 5.97 Å². The van der Waals surface area contributed by atoms with E-state index in [9.17, 15) is 4.79 Å². The zero-order chi connectivity index (χ0) is 14.9. The Morgan fingerprint density at radius 2 is 2.05 bits per heavy atom. The first-order valence-electron chi connectivity index (χ1n) is 7.31. The molecule has 1 aromatic heterocycles. The van der Waals surface area contributed by atoms with Crippen LogP contribution in [0.5, 0.6) is 0 Å². The topological polar surface area (TPSA) is 53.7 Å². The van der Waals surface area contributed by atoms with Crippen LogP contribution in [-0.4, -0.2) is 29.1 Å². The number of carboxylic acids is 1. The van der Waals surface area contributed by atoms with Gasteiger partial charge in [-0.2, -0.15) is 0 Å². The van der Waals surface area contributed by atoms with Crippen LogP contribution >= 0.6 is 0 Å². The molecule has 0 atom stereocenters. The molecule has 0 aromatic carbocycles. The molecule has 1 saturated carbocycles. The molecule has 1 aliphatic rings. The smallest absolute Gasteiger partial charge is 0.339 e. The summed E-state index contributed by atoms with van der Waals surface area (Å²) >= 11 is 0. The van der Waals surface area contributed by atoms with Gasteiger partial charge in [-0.1, -0.05) is 13.8 Å². The van der Waals surface area contributed by atoms with Crippen molar-refractivity contribution < 1.29 is 14.3 Å². The fourth-order valence-corrected chi connectivity index (χ4v) is 3.03. The molecular weight excluding hydrogens is 254 g/mol. The molecule has 0 unspecified atom stereocenters. The Bertz CT molecular complexity index is 480. The van der Waals surface area contributed by atoms with E-state index in [-0.39, 0.29) is 5.56 Å². The van der Waals surface area contributed by atoms with Gasteiger partial charge in [0.2, 0.25) is 0 Å². The van der Waals surface area contributed by atoms with E-state index >= 15 is 0 Å². The summed E-state index contributed by atoms with van der Waals surface area (Å²) in [6, 6.07) is 2.22. The molecule has 1 N–H and O–H groups in total. The van der Waals surface area contributed by atoms with Gasteiger partial charge < -0.3 is 9.52 Å². The summed E-state index contributed by atoms with van der Waals surface area (Å²) in [6.45, 7) is 7.05. The maximum atomic E-state index is 11.0. The molecule has 0 bridgehead atoms. The summed E-state index contributed by atoms with van der Waals surface area (Å²) in [4.78, 5) is 13.3. The van der Waals surface area contributed by atoms with Gasteiger partial charge in [0.25, 0.3) is 0 Å². The van der Waals surface area contributed by atoms with E-state index in [1.165, 1.54) is 25.7 Å². The number of aromatic carboxylic acids is 1. The average molecular weight is 279 g/mol. The Morgan fingerprint density at radius 1 is 1.45 bits per heavy atom. The largest absolute Gasteiger partial charge is 0.478 e. The van der Waals surface area contributed by atoms with Crippen LogP contribution in [-0.2, 0) is 6.54 Å². The maximum Gasteiger partial charge on any atom is 0.339 e. The summed E-state index contributed by atoms with van der Waals surface area (Å²) in [5.41, 5.74) is 0.743. The maximum absolute atomic E-state index is 11.0. The summed E-state index contributed by atoms with van der Waals surface area (Å²) in [5, 5.41) is 9.05. The van der Waals surface area contributed by atoms with Crippen molar-refractivity contribution >= 4 is 5.97 Å². The fourth-order valence-electron chi connectivity index (χ4n) is 3.03. The Hall–Kier alpha value is -1.29. The standard InChI is InChI=1S/C16H25NO3/c1-11-14(15(18)19)9-13(20-11)10-17(4)12-5-7-16(2,3)8-6-12/h9,12H,5-8,10H2,1-4H3,(H,18,19). The molecule has 20 heavy (non-hydrogen) atoms. The summed E-state index contributed by atoms with van der Waals surface area (Å²) in [5.74, 6) is 0.317. The van der Waals surface area contributed by atoms with E-state index in [0.29, 0.717) is 23.8 Å². The number of carboxylic acid groups (broad SMARTS) is 1. The molecule has 1 aromatic rings. The highest BCUT2D eigenvalue weighted by molar-refractivity contribution is 5.88. The Labute approximate surface area is 120 Å². The van der Waals surface area contributed by atoms with Gasteiger partial charge in [0.1, 0.15) is 17.1 Å². The van der Waals surface area contributed by atoms with Crippen LogP contribution in [0.4, 0.5) is 0 Å². The molecule has 1 fully saturated rings.